The summed E-state index contributed by atoms with van der Waals surface area (Å²) in [5.41, 5.74) is 13.0. The number of nitrogens with zero attached hydrogens (tertiary/aromatic N) is 5. The summed E-state index contributed by atoms with van der Waals surface area (Å²) in [6, 6.07) is 4.36. The summed E-state index contributed by atoms with van der Waals surface area (Å²) < 4.78 is 6.75. The topological polar surface area (TPSA) is 230 Å². The van der Waals surface area contributed by atoms with E-state index in [-0.39, 0.29) is 23.5 Å². The van der Waals surface area contributed by atoms with Gasteiger partial charge in [0.2, 0.25) is 5.85 Å². The van der Waals surface area contributed by atoms with Gasteiger partial charge in [-0.3, -0.25) is 36.0 Å². The minimum atomic E-state index is -1.63. The molecule has 1 aliphatic rings. The molecule has 0 aliphatic carbocycles. The van der Waals surface area contributed by atoms with Crippen molar-refractivity contribution in [2.45, 2.75) is 24.5 Å². The number of aliphatic hydroxyl groups excluding tert-OH is 2. The molecule has 160 valence electrons. The first-order valence-electron chi connectivity index (χ1n) is 8.48. The van der Waals surface area contributed by atoms with Crippen LogP contribution >= 0.6 is 0 Å². The van der Waals surface area contributed by atoms with Crippen molar-refractivity contribution < 1.29 is 24.8 Å². The van der Waals surface area contributed by atoms with Crippen molar-refractivity contribution in [1.82, 2.24) is 9.55 Å². The predicted octanol–water partition coefficient (Wildman–Crippen LogP) is -1.08. The first kappa shape index (κ1) is 21.1. The molecule has 3 atom stereocenters. The van der Waals surface area contributed by atoms with Crippen LogP contribution < -0.4 is 22.5 Å². The van der Waals surface area contributed by atoms with Gasteiger partial charge in [-0.1, -0.05) is 0 Å². The Kier molecular flexibility index (Phi) is 5.61. The monoisotopic (exact) mass is 422 g/mol. The molecule has 2 aromatic rings. The average molecular weight is 422 g/mol. The highest BCUT2D eigenvalue weighted by molar-refractivity contribution is 5.64. The van der Waals surface area contributed by atoms with Crippen LogP contribution in [0, 0.1) is 20.2 Å². The molecule has 0 amide bonds. The second kappa shape index (κ2) is 7.99. The van der Waals surface area contributed by atoms with Gasteiger partial charge in [-0.15, -0.1) is 5.10 Å². The summed E-state index contributed by atoms with van der Waals surface area (Å²) in [6.07, 6.45) is -0.702. The van der Waals surface area contributed by atoms with Crippen LogP contribution in [0.25, 0.3) is 0 Å². The zero-order valence-electron chi connectivity index (χ0n) is 15.3. The standard InChI is InChI=1S/C15H18N8O7/c16-13-3-4-21(15(17)6-11(25)12(7-24)30-15)14(18-13)20-19-9-2-1-8(22(26)27)5-10(9)23(28)29/h1-5,11-12,19,24-25H,6-7,17H2,(H2,16,18,20)/t11-,12+,15-/m0/s1. The Morgan fingerprint density at radius 3 is 2.70 bits per heavy atom. The Hall–Kier alpha value is -3.66. The van der Waals surface area contributed by atoms with Crippen LogP contribution in [0.1, 0.15) is 6.42 Å². The maximum absolute atomic E-state index is 11.3. The summed E-state index contributed by atoms with van der Waals surface area (Å²) in [5, 5.41) is 45.4. The minimum Gasteiger partial charge on any atom is -0.394 e. The van der Waals surface area contributed by atoms with Crippen molar-refractivity contribution in [3.05, 3.63) is 56.3 Å². The number of hydrogen-bond acceptors (Lipinski definition) is 12. The highest BCUT2D eigenvalue weighted by atomic mass is 16.6. The van der Waals surface area contributed by atoms with Crippen molar-refractivity contribution >= 4 is 22.9 Å². The molecule has 0 bridgehead atoms. The molecule has 0 radical (unpaired) electrons. The molecule has 1 aromatic heterocycles. The number of non-ortho nitro benzene ring substituents is 1. The molecule has 1 saturated heterocycles. The molecule has 0 unspecified atom stereocenters. The van der Waals surface area contributed by atoms with E-state index in [1.807, 2.05) is 0 Å². The predicted molar refractivity (Wildman–Crippen MR) is 100 cm³/mol. The smallest absolute Gasteiger partial charge is 0.301 e. The first-order chi connectivity index (χ1) is 14.1. The van der Waals surface area contributed by atoms with Gasteiger partial charge < -0.3 is 20.7 Å². The fourth-order valence-corrected chi connectivity index (χ4v) is 2.92. The molecule has 3 rings (SSSR count). The lowest BCUT2D eigenvalue weighted by atomic mass is 10.1. The zero-order valence-corrected chi connectivity index (χ0v) is 15.3. The van der Waals surface area contributed by atoms with Gasteiger partial charge in [0.15, 0.2) is 0 Å². The molecular weight excluding hydrogens is 404 g/mol. The van der Waals surface area contributed by atoms with E-state index in [0.29, 0.717) is 0 Å². The van der Waals surface area contributed by atoms with Crippen LogP contribution in [0.5, 0.6) is 0 Å². The maximum Gasteiger partial charge on any atom is 0.301 e. The molecule has 0 spiro atoms. The van der Waals surface area contributed by atoms with Crippen molar-refractivity contribution in [2.75, 3.05) is 17.8 Å². The number of nitro groups is 2. The van der Waals surface area contributed by atoms with Crippen LogP contribution in [-0.4, -0.2) is 48.4 Å². The number of rotatable bonds is 6. The van der Waals surface area contributed by atoms with Crippen LogP contribution in [0.4, 0.5) is 22.9 Å². The number of hydrogen-bond donors (Lipinski definition) is 5. The molecule has 1 aromatic carbocycles. The Bertz CT molecular complexity index is 1060. The summed E-state index contributed by atoms with van der Waals surface area (Å²) in [6.45, 7) is -0.469. The van der Waals surface area contributed by atoms with E-state index in [1.54, 1.807) is 0 Å². The van der Waals surface area contributed by atoms with Crippen LogP contribution in [-0.2, 0) is 10.6 Å². The molecule has 15 nitrogen and oxygen atoms in total. The second-order valence-electron chi connectivity index (χ2n) is 6.42. The number of aromatic nitrogens is 2. The van der Waals surface area contributed by atoms with Gasteiger partial charge in [-0.25, -0.2) is 0 Å². The van der Waals surface area contributed by atoms with Gasteiger partial charge in [0.05, 0.1) is 28.6 Å². The number of aliphatic hydroxyl groups is 2. The van der Waals surface area contributed by atoms with Gasteiger partial charge in [0, 0.05) is 18.7 Å². The fraction of sp³-hybridized carbons (Fsp3) is 0.333. The largest absolute Gasteiger partial charge is 0.394 e. The van der Waals surface area contributed by atoms with Crippen molar-refractivity contribution in [1.29, 1.82) is 0 Å². The van der Waals surface area contributed by atoms with Crippen molar-refractivity contribution in [3.63, 3.8) is 0 Å². The van der Waals surface area contributed by atoms with Crippen LogP contribution in [0.15, 0.2) is 35.6 Å². The van der Waals surface area contributed by atoms with E-state index in [0.717, 1.165) is 18.2 Å². The van der Waals surface area contributed by atoms with Gasteiger partial charge in [-0.05, 0) is 12.1 Å². The number of nitrogens with one attached hydrogen (secondary N) is 1. The van der Waals surface area contributed by atoms with E-state index in [4.69, 9.17) is 16.2 Å². The third kappa shape index (κ3) is 4.03. The highest BCUT2D eigenvalue weighted by Crippen LogP contribution is 2.30. The van der Waals surface area contributed by atoms with E-state index in [9.17, 15) is 30.4 Å². The first-order valence-corrected chi connectivity index (χ1v) is 8.48. The van der Waals surface area contributed by atoms with Gasteiger partial charge >= 0.3 is 5.69 Å². The number of ether oxygens (including phenoxy) is 1. The zero-order chi connectivity index (χ0) is 22.1. The number of nitrogens with two attached hydrogens (primary N) is 2. The fourth-order valence-electron chi connectivity index (χ4n) is 2.92. The summed E-state index contributed by atoms with van der Waals surface area (Å²) >= 11 is 0. The van der Waals surface area contributed by atoms with Gasteiger partial charge in [0.1, 0.15) is 17.6 Å². The molecule has 2 heterocycles. The Morgan fingerprint density at radius 2 is 2.10 bits per heavy atom. The summed E-state index contributed by atoms with van der Waals surface area (Å²) in [5.74, 6) is -1.58. The normalized spacial score (nSPS) is 24.0. The van der Waals surface area contributed by atoms with Crippen molar-refractivity contribution in [2.24, 2.45) is 10.8 Å². The highest BCUT2D eigenvalue weighted by Gasteiger charge is 2.45. The number of anilines is 2. The lowest BCUT2D eigenvalue weighted by Gasteiger charge is -2.27. The SMILES string of the molecule is Nc1ccn([C@@]2(N)C[C@H](O)[C@@H](CO)O2)c(=NNc2ccc([N+](=O)[O-])cc2[N+](=O)[O-])n1. The summed E-state index contributed by atoms with van der Waals surface area (Å²) in [4.78, 5) is 24.6. The van der Waals surface area contributed by atoms with Gasteiger partial charge in [-0.2, -0.15) is 4.98 Å². The second-order valence-corrected chi connectivity index (χ2v) is 6.42. The maximum atomic E-state index is 11.3. The lowest BCUT2D eigenvalue weighted by Crippen LogP contribution is -2.50. The Labute approximate surface area is 167 Å². The summed E-state index contributed by atoms with van der Waals surface area (Å²) in [7, 11) is 0. The van der Waals surface area contributed by atoms with E-state index >= 15 is 0 Å². The number of nitro benzene ring substituents is 2. The average Bonchev–Trinajstić information content (AvgIpc) is 3.00. The molecule has 0 saturated carbocycles. The van der Waals surface area contributed by atoms with E-state index < -0.39 is 45.9 Å². The number of benzene rings is 1. The third-order valence-electron chi connectivity index (χ3n) is 4.38. The van der Waals surface area contributed by atoms with Crippen LogP contribution in [0.2, 0.25) is 0 Å². The minimum absolute atomic E-state index is 0.0471. The molecule has 30 heavy (non-hydrogen) atoms. The Morgan fingerprint density at radius 1 is 1.37 bits per heavy atom. The quantitative estimate of drug-likeness (QED) is 0.277. The molecule has 1 fully saturated rings. The molecule has 1 aliphatic heterocycles. The third-order valence-corrected chi connectivity index (χ3v) is 4.38. The molecule has 7 N–H and O–H groups in total. The van der Waals surface area contributed by atoms with Gasteiger partial charge in [0.25, 0.3) is 11.3 Å². The van der Waals surface area contributed by atoms with Crippen molar-refractivity contribution in [3.8, 4) is 0 Å². The molecule has 15 heteroatoms. The Balaban J connectivity index is 2.02. The van der Waals surface area contributed by atoms with E-state index in [1.165, 1.54) is 16.8 Å². The lowest BCUT2D eigenvalue weighted by molar-refractivity contribution is -0.393. The van der Waals surface area contributed by atoms with E-state index in [2.05, 4.69) is 15.5 Å². The number of nitrogen functional groups attached to an aromatic ring is 1. The van der Waals surface area contributed by atoms with Crippen LogP contribution in [0.3, 0.4) is 0 Å². The molecular formula is C15H18N8O7.